The van der Waals surface area contributed by atoms with E-state index in [0.717, 1.165) is 0 Å². The number of halogens is 1. The third-order valence-corrected chi connectivity index (χ3v) is 3.54. The molecule has 4 nitrogen and oxygen atoms in total. The molecule has 0 aliphatic heterocycles. The third-order valence-electron chi connectivity index (χ3n) is 3.54. The molecule has 0 bridgehead atoms. The van der Waals surface area contributed by atoms with Crippen molar-refractivity contribution in [1.82, 2.24) is 9.55 Å². The molecule has 2 rings (SSSR count). The Morgan fingerprint density at radius 2 is 2.10 bits per heavy atom. The highest BCUT2D eigenvalue weighted by atomic mass is 19.1. The van der Waals surface area contributed by atoms with Crippen molar-refractivity contribution in [2.24, 2.45) is 5.92 Å². The van der Waals surface area contributed by atoms with Crippen molar-refractivity contribution in [1.29, 1.82) is 0 Å². The molecule has 1 unspecified atom stereocenters. The van der Waals surface area contributed by atoms with Gasteiger partial charge in [-0.25, -0.2) is 9.37 Å². The van der Waals surface area contributed by atoms with Gasteiger partial charge in [-0.15, -0.1) is 0 Å². The quantitative estimate of drug-likeness (QED) is 0.792. The Kier molecular flexibility index (Phi) is 4.60. The van der Waals surface area contributed by atoms with Crippen LogP contribution in [0.3, 0.4) is 0 Å². The van der Waals surface area contributed by atoms with Crippen LogP contribution in [0, 0.1) is 11.7 Å². The number of ether oxygens (including phenoxy) is 1. The molecule has 0 radical (unpaired) electrons. The number of carbonyl (C=O) groups excluding carboxylic acids is 1. The lowest BCUT2D eigenvalue weighted by Gasteiger charge is -2.19. The Morgan fingerprint density at radius 3 is 2.67 bits per heavy atom. The van der Waals surface area contributed by atoms with Crippen molar-refractivity contribution < 1.29 is 13.9 Å². The highest BCUT2D eigenvalue weighted by Gasteiger charge is 2.30. The lowest BCUT2D eigenvalue weighted by Crippen LogP contribution is -2.24. The van der Waals surface area contributed by atoms with Gasteiger partial charge in [0, 0.05) is 6.54 Å². The number of aromatic nitrogens is 2. The zero-order valence-electron chi connectivity index (χ0n) is 12.9. The molecule has 1 aromatic heterocycles. The average molecular weight is 292 g/mol. The van der Waals surface area contributed by atoms with Crippen LogP contribution >= 0.6 is 0 Å². The predicted molar refractivity (Wildman–Crippen MR) is 79.6 cm³/mol. The van der Waals surface area contributed by atoms with Crippen LogP contribution < -0.4 is 0 Å². The SMILES string of the molecule is CCOC(=O)C(c1nc2ccc(F)cc2n1CC)C(C)C. The van der Waals surface area contributed by atoms with Gasteiger partial charge in [-0.2, -0.15) is 0 Å². The minimum atomic E-state index is -0.444. The van der Waals surface area contributed by atoms with E-state index in [0.29, 0.717) is 30.0 Å². The number of hydrogen-bond acceptors (Lipinski definition) is 3. The fourth-order valence-electron chi connectivity index (χ4n) is 2.59. The summed E-state index contributed by atoms with van der Waals surface area (Å²) in [6.45, 7) is 8.62. The zero-order chi connectivity index (χ0) is 15.6. The summed E-state index contributed by atoms with van der Waals surface area (Å²) in [5.41, 5.74) is 1.41. The molecule has 0 saturated heterocycles. The molecule has 1 aromatic carbocycles. The van der Waals surface area contributed by atoms with Crippen LogP contribution in [0.1, 0.15) is 39.4 Å². The van der Waals surface area contributed by atoms with E-state index in [-0.39, 0.29) is 17.7 Å². The second-order valence-electron chi connectivity index (χ2n) is 5.32. The topological polar surface area (TPSA) is 44.1 Å². The highest BCUT2D eigenvalue weighted by Crippen LogP contribution is 2.29. The van der Waals surface area contributed by atoms with Crippen molar-refractivity contribution >= 4 is 17.0 Å². The van der Waals surface area contributed by atoms with Gasteiger partial charge >= 0.3 is 5.97 Å². The fourth-order valence-corrected chi connectivity index (χ4v) is 2.59. The van der Waals surface area contributed by atoms with Crippen molar-refractivity contribution in [2.45, 2.75) is 40.2 Å². The molecule has 0 amide bonds. The van der Waals surface area contributed by atoms with Crippen LogP contribution in [0.5, 0.6) is 0 Å². The van der Waals surface area contributed by atoms with Gasteiger partial charge < -0.3 is 9.30 Å². The first-order valence-corrected chi connectivity index (χ1v) is 7.31. The van der Waals surface area contributed by atoms with Gasteiger partial charge in [0.1, 0.15) is 17.6 Å². The first-order chi connectivity index (χ1) is 9.99. The molecule has 0 fully saturated rings. The molecule has 0 aliphatic rings. The largest absolute Gasteiger partial charge is 0.465 e. The molecule has 1 heterocycles. The molecule has 1 atom stereocenters. The summed E-state index contributed by atoms with van der Waals surface area (Å²) in [6.07, 6.45) is 0. The summed E-state index contributed by atoms with van der Waals surface area (Å²) in [7, 11) is 0. The van der Waals surface area contributed by atoms with Gasteiger partial charge in [-0.3, -0.25) is 4.79 Å². The summed E-state index contributed by atoms with van der Waals surface area (Å²) >= 11 is 0. The molecule has 0 aliphatic carbocycles. The fraction of sp³-hybridized carbons (Fsp3) is 0.500. The second-order valence-corrected chi connectivity index (χ2v) is 5.32. The molecule has 114 valence electrons. The van der Waals surface area contributed by atoms with E-state index in [1.165, 1.54) is 12.1 Å². The maximum Gasteiger partial charge on any atom is 0.316 e. The average Bonchev–Trinajstić information content (AvgIpc) is 2.76. The van der Waals surface area contributed by atoms with Crippen LogP contribution in [0.15, 0.2) is 18.2 Å². The van der Waals surface area contributed by atoms with E-state index in [9.17, 15) is 9.18 Å². The molecule has 0 spiro atoms. The summed E-state index contributed by atoms with van der Waals surface area (Å²) in [5, 5.41) is 0. The summed E-state index contributed by atoms with van der Waals surface area (Å²) in [4.78, 5) is 16.8. The van der Waals surface area contributed by atoms with Gasteiger partial charge in [-0.05, 0) is 38.0 Å². The first kappa shape index (κ1) is 15.5. The second kappa shape index (κ2) is 6.24. The Balaban J connectivity index is 2.59. The van der Waals surface area contributed by atoms with Crippen LogP contribution in [0.25, 0.3) is 11.0 Å². The highest BCUT2D eigenvalue weighted by molar-refractivity contribution is 5.81. The van der Waals surface area contributed by atoms with Gasteiger partial charge in [0.2, 0.25) is 0 Å². The van der Waals surface area contributed by atoms with E-state index < -0.39 is 5.92 Å². The lowest BCUT2D eigenvalue weighted by molar-refractivity contribution is -0.146. The van der Waals surface area contributed by atoms with Crippen LogP contribution in [0.2, 0.25) is 0 Å². The lowest BCUT2D eigenvalue weighted by atomic mass is 9.95. The number of carbonyl (C=O) groups is 1. The van der Waals surface area contributed by atoms with E-state index >= 15 is 0 Å². The maximum atomic E-state index is 13.5. The first-order valence-electron chi connectivity index (χ1n) is 7.31. The summed E-state index contributed by atoms with van der Waals surface area (Å²) in [5.74, 6) is -0.332. The van der Waals surface area contributed by atoms with Crippen LogP contribution in [-0.4, -0.2) is 22.1 Å². The van der Waals surface area contributed by atoms with Gasteiger partial charge in [0.15, 0.2) is 0 Å². The number of hydrogen-bond donors (Lipinski definition) is 0. The van der Waals surface area contributed by atoms with Crippen molar-refractivity contribution in [3.8, 4) is 0 Å². The summed E-state index contributed by atoms with van der Waals surface area (Å²) < 4.78 is 20.5. The van der Waals surface area contributed by atoms with Gasteiger partial charge in [0.05, 0.1) is 17.6 Å². The molecule has 5 heteroatoms. The Labute approximate surface area is 123 Å². The predicted octanol–water partition coefficient (Wildman–Crippen LogP) is 3.50. The monoisotopic (exact) mass is 292 g/mol. The molecule has 0 saturated carbocycles. The standard InChI is InChI=1S/C16H21FN2O2/c1-5-19-13-9-11(17)7-8-12(13)18-15(19)14(10(3)4)16(20)21-6-2/h7-10,14H,5-6H2,1-4H3. The minimum absolute atomic E-state index is 0.0519. The number of imidazole rings is 1. The number of aryl methyl sites for hydroxylation is 1. The Hall–Kier alpha value is -1.91. The van der Waals surface area contributed by atoms with Gasteiger partial charge in [-0.1, -0.05) is 13.8 Å². The van der Waals surface area contributed by atoms with Crippen molar-refractivity contribution in [2.75, 3.05) is 6.61 Å². The molecule has 2 aromatic rings. The number of fused-ring (bicyclic) bond motifs is 1. The minimum Gasteiger partial charge on any atom is -0.465 e. The third kappa shape index (κ3) is 2.91. The van der Waals surface area contributed by atoms with Gasteiger partial charge in [0.25, 0.3) is 0 Å². The van der Waals surface area contributed by atoms with E-state index in [4.69, 9.17) is 4.74 Å². The number of rotatable bonds is 5. The Bertz CT molecular complexity index is 649. The van der Waals surface area contributed by atoms with Crippen molar-refractivity contribution in [3.05, 3.63) is 29.8 Å². The zero-order valence-corrected chi connectivity index (χ0v) is 12.9. The normalized spacial score (nSPS) is 12.9. The smallest absolute Gasteiger partial charge is 0.316 e. The number of nitrogens with zero attached hydrogens (tertiary/aromatic N) is 2. The number of benzene rings is 1. The molecular weight excluding hydrogens is 271 g/mol. The maximum absolute atomic E-state index is 13.5. The van der Waals surface area contributed by atoms with Crippen LogP contribution in [-0.2, 0) is 16.1 Å². The Morgan fingerprint density at radius 1 is 1.38 bits per heavy atom. The summed E-state index contributed by atoms with van der Waals surface area (Å²) in [6, 6.07) is 4.48. The van der Waals surface area contributed by atoms with E-state index in [1.54, 1.807) is 13.0 Å². The van der Waals surface area contributed by atoms with Crippen LogP contribution in [0.4, 0.5) is 4.39 Å². The van der Waals surface area contributed by atoms with Crippen molar-refractivity contribution in [3.63, 3.8) is 0 Å². The van der Waals surface area contributed by atoms with E-state index in [1.807, 2.05) is 25.3 Å². The van der Waals surface area contributed by atoms with E-state index in [2.05, 4.69) is 4.98 Å². The number of esters is 1. The molecule has 0 N–H and O–H groups in total. The molecule has 21 heavy (non-hydrogen) atoms. The molecular formula is C16H21FN2O2.